The van der Waals surface area contributed by atoms with Crippen LogP contribution in [0.25, 0.3) is 0 Å². The fourth-order valence-electron chi connectivity index (χ4n) is 3.81. The second-order valence-corrected chi connectivity index (χ2v) is 7.92. The van der Waals surface area contributed by atoms with Crippen molar-refractivity contribution in [2.75, 3.05) is 47.0 Å². The number of hydrogen-bond donors (Lipinski definition) is 1. The van der Waals surface area contributed by atoms with Crippen LogP contribution >= 0.6 is 24.0 Å². The predicted octanol–water partition coefficient (Wildman–Crippen LogP) is 4.40. The molecule has 170 valence electrons. The van der Waals surface area contributed by atoms with Gasteiger partial charge in [0.25, 0.3) is 0 Å². The Labute approximate surface area is 204 Å². The first-order valence-corrected chi connectivity index (χ1v) is 11.0. The molecular weight excluding hydrogens is 501 g/mol. The summed E-state index contributed by atoms with van der Waals surface area (Å²) in [5.41, 5.74) is 2.63. The maximum absolute atomic E-state index is 5.97. The van der Waals surface area contributed by atoms with Crippen molar-refractivity contribution in [3.8, 4) is 5.75 Å². The summed E-state index contributed by atoms with van der Waals surface area (Å²) in [6, 6.07) is 19.0. The molecule has 1 fully saturated rings. The van der Waals surface area contributed by atoms with Crippen molar-refractivity contribution in [3.05, 3.63) is 65.7 Å². The van der Waals surface area contributed by atoms with Crippen molar-refractivity contribution in [2.45, 2.75) is 25.7 Å². The second kappa shape index (κ2) is 14.3. The average molecular weight is 537 g/mol. The molecule has 0 aromatic heterocycles. The standard InChI is InChI=1S/C25H35N3O2.HI/c1-26-25(28(2)19-23-14-17-29-20-23)27-15-13-22-10-6-12-24(18-22)30-16-7-11-21-8-4-3-5-9-21;/h3-6,8-10,12,18,23H,7,11,13-17,19-20H2,1-2H3,(H,26,27);1H. The van der Waals surface area contributed by atoms with E-state index < -0.39 is 0 Å². The van der Waals surface area contributed by atoms with Gasteiger partial charge in [-0.1, -0.05) is 42.5 Å². The number of guanidine groups is 1. The van der Waals surface area contributed by atoms with E-state index in [-0.39, 0.29) is 24.0 Å². The highest BCUT2D eigenvalue weighted by molar-refractivity contribution is 14.0. The van der Waals surface area contributed by atoms with Crippen LogP contribution in [-0.4, -0.2) is 57.9 Å². The topological polar surface area (TPSA) is 46.1 Å². The van der Waals surface area contributed by atoms with Crippen molar-refractivity contribution in [1.82, 2.24) is 10.2 Å². The third kappa shape index (κ3) is 9.07. The SMILES string of the molecule is CN=C(NCCc1cccc(OCCCc2ccccc2)c1)N(C)CC1CCOC1.I. The van der Waals surface area contributed by atoms with Crippen LogP contribution in [0, 0.1) is 5.92 Å². The third-order valence-corrected chi connectivity index (χ3v) is 5.45. The molecule has 2 aromatic carbocycles. The Morgan fingerprint density at radius 2 is 1.94 bits per heavy atom. The molecule has 0 saturated carbocycles. The molecule has 1 aliphatic rings. The molecule has 0 amide bonds. The van der Waals surface area contributed by atoms with Gasteiger partial charge < -0.3 is 19.7 Å². The van der Waals surface area contributed by atoms with Crippen LogP contribution in [0.2, 0.25) is 0 Å². The van der Waals surface area contributed by atoms with E-state index in [1.807, 2.05) is 13.1 Å². The lowest BCUT2D eigenvalue weighted by molar-refractivity contribution is 0.181. The maximum atomic E-state index is 5.97. The van der Waals surface area contributed by atoms with Crippen LogP contribution in [0.3, 0.4) is 0 Å². The van der Waals surface area contributed by atoms with Gasteiger partial charge in [0.2, 0.25) is 0 Å². The van der Waals surface area contributed by atoms with Gasteiger partial charge in [0, 0.05) is 39.7 Å². The van der Waals surface area contributed by atoms with E-state index in [1.54, 1.807) is 0 Å². The Balaban J connectivity index is 0.00000341. The minimum atomic E-state index is 0. The Bertz CT molecular complexity index is 779. The molecule has 1 saturated heterocycles. The molecule has 1 heterocycles. The molecule has 1 N–H and O–H groups in total. The highest BCUT2D eigenvalue weighted by Crippen LogP contribution is 2.15. The zero-order chi connectivity index (χ0) is 21.0. The number of ether oxygens (including phenoxy) is 2. The van der Waals surface area contributed by atoms with Crippen molar-refractivity contribution in [1.29, 1.82) is 0 Å². The number of aliphatic imine (C=N–C) groups is 1. The first-order valence-electron chi connectivity index (χ1n) is 11.0. The normalized spacial score (nSPS) is 15.9. The summed E-state index contributed by atoms with van der Waals surface area (Å²) in [5.74, 6) is 2.49. The molecule has 31 heavy (non-hydrogen) atoms. The van der Waals surface area contributed by atoms with Crippen molar-refractivity contribution in [2.24, 2.45) is 10.9 Å². The lowest BCUT2D eigenvalue weighted by atomic mass is 10.1. The first kappa shape index (κ1) is 25.5. The quantitative estimate of drug-likeness (QED) is 0.211. The van der Waals surface area contributed by atoms with Crippen LogP contribution in [0.15, 0.2) is 59.6 Å². The Kier molecular flexibility index (Phi) is 11.7. The van der Waals surface area contributed by atoms with E-state index in [9.17, 15) is 0 Å². The van der Waals surface area contributed by atoms with Gasteiger partial charge in [-0.25, -0.2) is 0 Å². The van der Waals surface area contributed by atoms with E-state index in [4.69, 9.17) is 9.47 Å². The summed E-state index contributed by atoms with van der Waals surface area (Å²) in [5, 5.41) is 3.48. The lowest BCUT2D eigenvalue weighted by Crippen LogP contribution is -2.42. The van der Waals surface area contributed by atoms with Crippen LogP contribution in [-0.2, 0) is 17.6 Å². The summed E-state index contributed by atoms with van der Waals surface area (Å²) < 4.78 is 11.4. The minimum absolute atomic E-state index is 0. The minimum Gasteiger partial charge on any atom is -0.494 e. The van der Waals surface area contributed by atoms with E-state index in [2.05, 4.69) is 70.8 Å². The van der Waals surface area contributed by atoms with Gasteiger partial charge in [0.05, 0.1) is 13.2 Å². The van der Waals surface area contributed by atoms with Gasteiger partial charge in [-0.3, -0.25) is 4.99 Å². The molecule has 6 heteroatoms. The monoisotopic (exact) mass is 537 g/mol. The van der Waals surface area contributed by atoms with Gasteiger partial charge in [-0.05, 0) is 48.9 Å². The summed E-state index contributed by atoms with van der Waals surface area (Å²) >= 11 is 0. The lowest BCUT2D eigenvalue weighted by Gasteiger charge is -2.24. The first-order chi connectivity index (χ1) is 14.7. The molecule has 0 radical (unpaired) electrons. The molecule has 2 aromatic rings. The largest absolute Gasteiger partial charge is 0.494 e. The number of benzene rings is 2. The smallest absolute Gasteiger partial charge is 0.193 e. The number of hydrogen-bond acceptors (Lipinski definition) is 3. The van der Waals surface area contributed by atoms with E-state index in [0.29, 0.717) is 5.92 Å². The second-order valence-electron chi connectivity index (χ2n) is 7.92. The maximum Gasteiger partial charge on any atom is 0.193 e. The molecule has 1 atom stereocenters. The summed E-state index contributed by atoms with van der Waals surface area (Å²) in [6.07, 6.45) is 4.13. The van der Waals surface area contributed by atoms with E-state index >= 15 is 0 Å². The molecule has 3 rings (SSSR count). The van der Waals surface area contributed by atoms with E-state index in [0.717, 1.165) is 70.3 Å². The predicted molar refractivity (Wildman–Crippen MR) is 139 cm³/mol. The summed E-state index contributed by atoms with van der Waals surface area (Å²) in [7, 11) is 3.94. The highest BCUT2D eigenvalue weighted by Gasteiger charge is 2.18. The van der Waals surface area contributed by atoms with Crippen LogP contribution in [0.4, 0.5) is 0 Å². The van der Waals surface area contributed by atoms with Crippen molar-refractivity contribution >= 4 is 29.9 Å². The van der Waals surface area contributed by atoms with Gasteiger partial charge in [-0.2, -0.15) is 0 Å². The summed E-state index contributed by atoms with van der Waals surface area (Å²) in [4.78, 5) is 6.62. The Morgan fingerprint density at radius 3 is 2.68 bits per heavy atom. The number of aryl methyl sites for hydroxylation is 1. The molecule has 0 aliphatic carbocycles. The Hall–Kier alpha value is -1.80. The molecule has 1 unspecified atom stereocenters. The number of nitrogens with zero attached hydrogens (tertiary/aromatic N) is 2. The van der Waals surface area contributed by atoms with E-state index in [1.165, 1.54) is 11.1 Å². The van der Waals surface area contributed by atoms with Gasteiger partial charge in [0.15, 0.2) is 5.96 Å². The number of nitrogens with one attached hydrogen (secondary N) is 1. The van der Waals surface area contributed by atoms with Crippen LogP contribution in [0.5, 0.6) is 5.75 Å². The summed E-state index contributed by atoms with van der Waals surface area (Å²) in [6.45, 7) is 4.30. The fraction of sp³-hybridized carbons (Fsp3) is 0.480. The molecule has 0 bridgehead atoms. The highest BCUT2D eigenvalue weighted by atomic mass is 127. The van der Waals surface area contributed by atoms with Crippen molar-refractivity contribution < 1.29 is 9.47 Å². The van der Waals surface area contributed by atoms with Crippen molar-refractivity contribution in [3.63, 3.8) is 0 Å². The van der Waals surface area contributed by atoms with Crippen LogP contribution < -0.4 is 10.1 Å². The molecule has 1 aliphatic heterocycles. The number of rotatable bonds is 10. The fourth-order valence-corrected chi connectivity index (χ4v) is 3.81. The zero-order valence-corrected chi connectivity index (χ0v) is 21.1. The molecular formula is C25H36IN3O2. The molecule has 0 spiro atoms. The van der Waals surface area contributed by atoms with Gasteiger partial charge in [0.1, 0.15) is 5.75 Å². The third-order valence-electron chi connectivity index (χ3n) is 5.45. The zero-order valence-electron chi connectivity index (χ0n) is 18.8. The van der Waals surface area contributed by atoms with Gasteiger partial charge >= 0.3 is 0 Å². The van der Waals surface area contributed by atoms with Gasteiger partial charge in [-0.15, -0.1) is 24.0 Å². The average Bonchev–Trinajstić information content (AvgIpc) is 3.28. The molecule has 5 nitrogen and oxygen atoms in total. The number of halogens is 1. The Morgan fingerprint density at radius 1 is 1.13 bits per heavy atom. The van der Waals surface area contributed by atoms with Crippen LogP contribution in [0.1, 0.15) is 24.0 Å².